The lowest BCUT2D eigenvalue weighted by Crippen LogP contribution is -2.13. The topological polar surface area (TPSA) is 20.2 Å². The summed E-state index contributed by atoms with van der Waals surface area (Å²) in [5, 5.41) is 12.0. The predicted octanol–water partition coefficient (Wildman–Crippen LogP) is 3.66. The number of rotatable bonds is 4. The number of hydrogen-bond acceptors (Lipinski definition) is 2. The molecule has 2 rings (SSSR count). The fourth-order valence-electron chi connectivity index (χ4n) is 1.67. The van der Waals surface area contributed by atoms with Crippen molar-refractivity contribution < 1.29 is 5.11 Å². The molecule has 84 valence electrons. The summed E-state index contributed by atoms with van der Waals surface area (Å²) in [6, 6.07) is 12.2. The summed E-state index contributed by atoms with van der Waals surface area (Å²) in [5.41, 5.74) is 1.17. The molecule has 0 aliphatic rings. The van der Waals surface area contributed by atoms with Crippen LogP contribution < -0.4 is 0 Å². The van der Waals surface area contributed by atoms with E-state index in [0.29, 0.717) is 6.42 Å². The molecule has 0 bridgehead atoms. The van der Waals surface area contributed by atoms with Crippen LogP contribution in [0.1, 0.15) is 10.4 Å². The molecule has 3 heteroatoms. The molecule has 1 atom stereocenters. The second kappa shape index (κ2) is 5.62. The van der Waals surface area contributed by atoms with Crippen LogP contribution in [0.3, 0.4) is 0 Å². The fourth-order valence-corrected chi connectivity index (χ4v) is 2.89. The first-order chi connectivity index (χ1) is 7.74. The number of halogens is 1. The molecule has 1 nitrogen and oxygen atoms in total. The monoisotopic (exact) mass is 296 g/mol. The lowest BCUT2D eigenvalue weighted by Gasteiger charge is -2.09. The van der Waals surface area contributed by atoms with Crippen LogP contribution in [0, 0.1) is 0 Å². The molecule has 0 radical (unpaired) electrons. The summed E-state index contributed by atoms with van der Waals surface area (Å²) in [4.78, 5) is 1.24. The van der Waals surface area contributed by atoms with Crippen LogP contribution in [0.25, 0.3) is 0 Å². The zero-order valence-corrected chi connectivity index (χ0v) is 11.2. The lowest BCUT2D eigenvalue weighted by atomic mass is 10.1. The van der Waals surface area contributed by atoms with E-state index >= 15 is 0 Å². The molecule has 2 aromatic rings. The predicted molar refractivity (Wildman–Crippen MR) is 71.9 cm³/mol. The Labute approximate surface area is 108 Å². The fraction of sp³-hybridized carbons (Fsp3) is 0.231. The molecule has 1 aromatic heterocycles. The molecule has 0 amide bonds. The van der Waals surface area contributed by atoms with Gasteiger partial charge in [0.1, 0.15) is 0 Å². The quantitative estimate of drug-likeness (QED) is 0.913. The molecule has 1 unspecified atom stereocenters. The molecular formula is C13H13BrOS. The van der Waals surface area contributed by atoms with Crippen molar-refractivity contribution in [2.24, 2.45) is 0 Å². The van der Waals surface area contributed by atoms with Crippen molar-refractivity contribution >= 4 is 27.3 Å². The maximum absolute atomic E-state index is 9.96. The van der Waals surface area contributed by atoms with Gasteiger partial charge in [-0.15, -0.1) is 11.3 Å². The van der Waals surface area contributed by atoms with Crippen LogP contribution in [0.4, 0.5) is 0 Å². The van der Waals surface area contributed by atoms with Gasteiger partial charge in [0.25, 0.3) is 0 Å². The molecule has 0 aliphatic heterocycles. The molecule has 0 aliphatic carbocycles. The Kier molecular flexibility index (Phi) is 4.16. The van der Waals surface area contributed by atoms with Gasteiger partial charge in [0.2, 0.25) is 0 Å². The average molecular weight is 297 g/mol. The maximum Gasteiger partial charge on any atom is 0.0628 e. The zero-order valence-electron chi connectivity index (χ0n) is 8.77. The van der Waals surface area contributed by atoms with E-state index in [1.54, 1.807) is 11.3 Å². The lowest BCUT2D eigenvalue weighted by molar-refractivity contribution is 0.176. The summed E-state index contributed by atoms with van der Waals surface area (Å²) < 4.78 is 1.06. The van der Waals surface area contributed by atoms with Crippen LogP contribution in [-0.4, -0.2) is 11.2 Å². The zero-order chi connectivity index (χ0) is 11.4. The van der Waals surface area contributed by atoms with Gasteiger partial charge >= 0.3 is 0 Å². The van der Waals surface area contributed by atoms with Crippen molar-refractivity contribution in [1.29, 1.82) is 0 Å². The normalized spacial score (nSPS) is 12.6. The van der Waals surface area contributed by atoms with Crippen LogP contribution in [0.2, 0.25) is 0 Å². The first kappa shape index (κ1) is 11.8. The minimum atomic E-state index is -0.298. The summed E-state index contributed by atoms with van der Waals surface area (Å²) in [6.07, 6.45) is 1.15. The summed E-state index contributed by atoms with van der Waals surface area (Å²) in [5.74, 6) is 0. The van der Waals surface area contributed by atoms with Crippen molar-refractivity contribution in [2.75, 3.05) is 0 Å². The van der Waals surface area contributed by atoms with E-state index in [2.05, 4.69) is 28.1 Å². The number of hydrogen-bond donors (Lipinski definition) is 1. The van der Waals surface area contributed by atoms with Gasteiger partial charge in [-0.2, -0.15) is 0 Å². The number of aliphatic hydroxyl groups is 1. The van der Waals surface area contributed by atoms with Crippen molar-refractivity contribution in [3.63, 3.8) is 0 Å². The molecule has 0 saturated carbocycles. The number of aliphatic hydroxyl groups excluding tert-OH is 1. The van der Waals surface area contributed by atoms with E-state index in [1.165, 1.54) is 10.4 Å². The van der Waals surface area contributed by atoms with E-state index in [1.807, 2.05) is 29.6 Å². The number of benzene rings is 1. The Morgan fingerprint density at radius 1 is 1.19 bits per heavy atom. The Hall–Kier alpha value is -0.640. The molecule has 1 N–H and O–H groups in total. The largest absolute Gasteiger partial charge is 0.392 e. The summed E-state index contributed by atoms with van der Waals surface area (Å²) >= 11 is 5.13. The van der Waals surface area contributed by atoms with Crippen molar-refractivity contribution in [1.82, 2.24) is 0 Å². The SMILES string of the molecule is OC(Cc1cccc(Br)c1)Cc1cccs1. The van der Waals surface area contributed by atoms with Gasteiger partial charge in [0, 0.05) is 15.8 Å². The highest BCUT2D eigenvalue weighted by Gasteiger charge is 2.07. The molecule has 0 fully saturated rings. The molecular weight excluding hydrogens is 284 g/mol. The Morgan fingerprint density at radius 2 is 2.06 bits per heavy atom. The maximum atomic E-state index is 9.96. The standard InChI is InChI=1S/C13H13BrOS/c14-11-4-1-3-10(7-11)8-12(15)9-13-5-2-6-16-13/h1-7,12,15H,8-9H2. The molecule has 0 saturated heterocycles. The average Bonchev–Trinajstić information content (AvgIpc) is 2.70. The van der Waals surface area contributed by atoms with Crippen molar-refractivity contribution in [3.05, 3.63) is 56.7 Å². The first-order valence-corrected chi connectivity index (χ1v) is 6.86. The third-order valence-corrected chi connectivity index (χ3v) is 3.77. The summed E-state index contributed by atoms with van der Waals surface area (Å²) in [6.45, 7) is 0. The molecule has 1 heterocycles. The molecule has 1 aromatic carbocycles. The van der Waals surface area contributed by atoms with Crippen LogP contribution >= 0.6 is 27.3 Å². The molecule has 0 spiro atoms. The third kappa shape index (κ3) is 3.44. The molecule has 16 heavy (non-hydrogen) atoms. The van der Waals surface area contributed by atoms with Crippen LogP contribution in [0.15, 0.2) is 46.3 Å². The van der Waals surface area contributed by atoms with E-state index in [-0.39, 0.29) is 6.10 Å². The van der Waals surface area contributed by atoms with E-state index in [0.717, 1.165) is 10.9 Å². The van der Waals surface area contributed by atoms with Crippen molar-refractivity contribution in [2.45, 2.75) is 18.9 Å². The Bertz CT molecular complexity index is 439. The van der Waals surface area contributed by atoms with E-state index < -0.39 is 0 Å². The van der Waals surface area contributed by atoms with Gasteiger partial charge in [0.05, 0.1) is 6.10 Å². The smallest absolute Gasteiger partial charge is 0.0628 e. The van der Waals surface area contributed by atoms with Crippen molar-refractivity contribution in [3.8, 4) is 0 Å². The third-order valence-electron chi connectivity index (χ3n) is 2.38. The summed E-state index contributed by atoms with van der Waals surface area (Å²) in [7, 11) is 0. The second-order valence-electron chi connectivity index (χ2n) is 3.77. The highest BCUT2D eigenvalue weighted by molar-refractivity contribution is 9.10. The highest BCUT2D eigenvalue weighted by Crippen LogP contribution is 2.16. The first-order valence-electron chi connectivity index (χ1n) is 5.19. The van der Waals surface area contributed by atoms with E-state index in [4.69, 9.17) is 0 Å². The van der Waals surface area contributed by atoms with Gasteiger partial charge in [-0.1, -0.05) is 34.1 Å². The van der Waals surface area contributed by atoms with Crippen LogP contribution in [0.5, 0.6) is 0 Å². The minimum Gasteiger partial charge on any atom is -0.392 e. The van der Waals surface area contributed by atoms with Gasteiger partial charge in [0.15, 0.2) is 0 Å². The van der Waals surface area contributed by atoms with Gasteiger partial charge in [-0.3, -0.25) is 0 Å². The van der Waals surface area contributed by atoms with E-state index in [9.17, 15) is 5.11 Å². The minimum absolute atomic E-state index is 0.298. The van der Waals surface area contributed by atoms with Gasteiger partial charge in [-0.25, -0.2) is 0 Å². The Balaban J connectivity index is 1.94. The second-order valence-corrected chi connectivity index (χ2v) is 5.72. The van der Waals surface area contributed by atoms with Gasteiger partial charge in [-0.05, 0) is 35.6 Å². The Morgan fingerprint density at radius 3 is 2.75 bits per heavy atom. The highest BCUT2D eigenvalue weighted by atomic mass is 79.9. The number of thiophene rings is 1. The van der Waals surface area contributed by atoms with Gasteiger partial charge < -0.3 is 5.11 Å². The van der Waals surface area contributed by atoms with Crippen LogP contribution in [-0.2, 0) is 12.8 Å².